The molecule has 0 unspecified atom stereocenters. The number of hydrogen-bond donors (Lipinski definition) is 0. The zero-order valence-corrected chi connectivity index (χ0v) is 19.8. The first-order chi connectivity index (χ1) is 16.4. The summed E-state index contributed by atoms with van der Waals surface area (Å²) in [5.41, 5.74) is 3.11. The van der Waals surface area contributed by atoms with Crippen LogP contribution in [0.3, 0.4) is 0 Å². The third-order valence-corrected chi connectivity index (χ3v) is 5.67. The van der Waals surface area contributed by atoms with E-state index < -0.39 is 0 Å². The average molecular weight is 478 g/mol. The number of halogens is 2. The van der Waals surface area contributed by atoms with Crippen LogP contribution in [0.15, 0.2) is 78.9 Å². The smallest absolute Gasteiger partial charge is 0.227 e. The van der Waals surface area contributed by atoms with Crippen LogP contribution in [0.4, 0.5) is 4.39 Å². The predicted molar refractivity (Wildman–Crippen MR) is 131 cm³/mol. The molecule has 0 aliphatic heterocycles. The fourth-order valence-electron chi connectivity index (χ4n) is 3.67. The van der Waals surface area contributed by atoms with E-state index in [1.807, 2.05) is 62.4 Å². The molecule has 3 aromatic carbocycles. The van der Waals surface area contributed by atoms with Gasteiger partial charge in [0.25, 0.3) is 0 Å². The van der Waals surface area contributed by atoms with Crippen LogP contribution < -0.4 is 4.74 Å². The lowest BCUT2D eigenvalue weighted by atomic mass is 10.1. The normalized spacial score (nSPS) is 10.8. The van der Waals surface area contributed by atoms with E-state index in [1.165, 1.54) is 12.1 Å². The SMILES string of the molecule is CCC(=O)N(Cc1ccc(F)cc1)Cc1c(C)nn(-c2cccc(Cl)c2)c1Oc1ccccc1. The van der Waals surface area contributed by atoms with Gasteiger partial charge in [0.15, 0.2) is 0 Å². The number of benzene rings is 3. The lowest BCUT2D eigenvalue weighted by Crippen LogP contribution is -2.29. The van der Waals surface area contributed by atoms with Crippen molar-refractivity contribution in [3.8, 4) is 17.3 Å². The number of rotatable bonds is 8. The van der Waals surface area contributed by atoms with Crippen molar-refractivity contribution in [2.75, 3.05) is 0 Å². The number of hydrogen-bond acceptors (Lipinski definition) is 3. The zero-order chi connectivity index (χ0) is 24.1. The minimum Gasteiger partial charge on any atom is -0.439 e. The Hall–Kier alpha value is -3.64. The highest BCUT2D eigenvalue weighted by atomic mass is 35.5. The van der Waals surface area contributed by atoms with Gasteiger partial charge in [-0.05, 0) is 55.0 Å². The van der Waals surface area contributed by atoms with Gasteiger partial charge in [-0.3, -0.25) is 4.79 Å². The Balaban J connectivity index is 1.75. The minimum absolute atomic E-state index is 0.0232. The molecule has 0 saturated heterocycles. The highest BCUT2D eigenvalue weighted by molar-refractivity contribution is 6.30. The van der Waals surface area contributed by atoms with Crippen LogP contribution in [0.5, 0.6) is 11.6 Å². The standard InChI is InChI=1S/C27H25ClFN3O2/c1-3-26(33)31(17-20-12-14-22(29)15-13-20)18-25-19(2)30-32(23-9-7-8-21(28)16-23)27(25)34-24-10-5-4-6-11-24/h4-16H,3,17-18H2,1-2H3. The van der Waals surface area contributed by atoms with Crippen molar-refractivity contribution >= 4 is 17.5 Å². The third-order valence-electron chi connectivity index (χ3n) is 5.44. The minimum atomic E-state index is -0.311. The lowest BCUT2D eigenvalue weighted by molar-refractivity contribution is -0.132. The molecule has 1 aromatic heterocycles. The molecule has 0 radical (unpaired) electrons. The van der Waals surface area contributed by atoms with Crippen LogP contribution >= 0.6 is 11.6 Å². The molecule has 174 valence electrons. The Morgan fingerprint density at radius 1 is 1.03 bits per heavy atom. The maximum atomic E-state index is 13.4. The fourth-order valence-corrected chi connectivity index (χ4v) is 3.85. The molecule has 34 heavy (non-hydrogen) atoms. The molecular weight excluding hydrogens is 453 g/mol. The number of amides is 1. The van der Waals surface area contributed by atoms with Gasteiger partial charge in [-0.2, -0.15) is 5.10 Å². The van der Waals surface area contributed by atoms with Crippen LogP contribution in [-0.2, 0) is 17.9 Å². The molecule has 0 aliphatic carbocycles. The van der Waals surface area contributed by atoms with E-state index in [4.69, 9.17) is 21.4 Å². The maximum Gasteiger partial charge on any atom is 0.227 e. The number of nitrogens with zero attached hydrogens (tertiary/aromatic N) is 3. The second-order valence-corrected chi connectivity index (χ2v) is 8.34. The number of aromatic nitrogens is 2. The van der Waals surface area contributed by atoms with E-state index >= 15 is 0 Å². The molecule has 7 heteroatoms. The van der Waals surface area contributed by atoms with Crippen molar-refractivity contribution in [2.24, 2.45) is 0 Å². The van der Waals surface area contributed by atoms with Crippen molar-refractivity contribution in [3.63, 3.8) is 0 Å². The summed E-state index contributed by atoms with van der Waals surface area (Å²) >= 11 is 6.24. The van der Waals surface area contributed by atoms with Crippen molar-refractivity contribution in [2.45, 2.75) is 33.4 Å². The van der Waals surface area contributed by atoms with E-state index in [-0.39, 0.29) is 11.7 Å². The molecule has 4 rings (SSSR count). The van der Waals surface area contributed by atoms with Crippen LogP contribution in [0.1, 0.15) is 30.2 Å². The van der Waals surface area contributed by atoms with Crippen molar-refractivity contribution < 1.29 is 13.9 Å². The molecular formula is C27H25ClFN3O2. The maximum absolute atomic E-state index is 13.4. The summed E-state index contributed by atoms with van der Waals surface area (Å²) in [4.78, 5) is 14.6. The molecule has 0 fully saturated rings. The molecule has 0 N–H and O–H groups in total. The largest absolute Gasteiger partial charge is 0.439 e. The van der Waals surface area contributed by atoms with Crippen LogP contribution in [0.25, 0.3) is 5.69 Å². The Morgan fingerprint density at radius 3 is 2.44 bits per heavy atom. The van der Waals surface area contributed by atoms with Gasteiger partial charge in [-0.25, -0.2) is 9.07 Å². The number of carbonyl (C=O) groups is 1. The molecule has 1 amide bonds. The third kappa shape index (κ3) is 5.46. The second kappa shape index (κ2) is 10.5. The Morgan fingerprint density at radius 2 is 1.76 bits per heavy atom. The molecule has 1 heterocycles. The molecule has 0 atom stereocenters. The van der Waals surface area contributed by atoms with Gasteiger partial charge < -0.3 is 9.64 Å². The van der Waals surface area contributed by atoms with Gasteiger partial charge in [0.2, 0.25) is 11.8 Å². The highest BCUT2D eigenvalue weighted by Gasteiger charge is 2.23. The molecule has 0 bridgehead atoms. The van der Waals surface area contributed by atoms with Gasteiger partial charge in [0.1, 0.15) is 11.6 Å². The predicted octanol–water partition coefficient (Wildman–Crippen LogP) is 6.70. The summed E-state index contributed by atoms with van der Waals surface area (Å²) in [6.45, 7) is 4.35. The second-order valence-electron chi connectivity index (χ2n) is 7.91. The Kier molecular flexibility index (Phi) is 7.28. The fraction of sp³-hybridized carbons (Fsp3) is 0.185. The monoisotopic (exact) mass is 477 g/mol. The van der Waals surface area contributed by atoms with Crippen molar-refractivity contribution in [1.29, 1.82) is 0 Å². The molecule has 0 spiro atoms. The summed E-state index contributed by atoms with van der Waals surface area (Å²) in [6.07, 6.45) is 0.345. The molecule has 4 aromatic rings. The van der Waals surface area contributed by atoms with E-state index in [0.29, 0.717) is 36.2 Å². The highest BCUT2D eigenvalue weighted by Crippen LogP contribution is 2.32. The first kappa shape index (κ1) is 23.5. The van der Waals surface area contributed by atoms with E-state index in [0.717, 1.165) is 22.5 Å². The molecule has 0 aliphatic rings. The summed E-state index contributed by atoms with van der Waals surface area (Å²) in [5, 5.41) is 5.30. The summed E-state index contributed by atoms with van der Waals surface area (Å²) < 4.78 is 21.4. The quantitative estimate of drug-likeness (QED) is 0.283. The number of ether oxygens (including phenoxy) is 1. The number of aryl methyl sites for hydroxylation is 1. The van der Waals surface area contributed by atoms with Gasteiger partial charge in [-0.15, -0.1) is 0 Å². The lowest BCUT2D eigenvalue weighted by Gasteiger charge is -2.23. The van der Waals surface area contributed by atoms with Crippen molar-refractivity contribution in [3.05, 3.63) is 107 Å². The van der Waals surface area contributed by atoms with E-state index in [9.17, 15) is 9.18 Å². The molecule has 0 saturated carbocycles. The number of para-hydroxylation sites is 1. The van der Waals surface area contributed by atoms with E-state index in [2.05, 4.69) is 0 Å². The topological polar surface area (TPSA) is 47.4 Å². The van der Waals surface area contributed by atoms with Gasteiger partial charge in [-0.1, -0.05) is 54.9 Å². The first-order valence-electron chi connectivity index (χ1n) is 11.0. The summed E-state index contributed by atoms with van der Waals surface area (Å²) in [6, 6.07) is 23.0. The van der Waals surface area contributed by atoms with Crippen LogP contribution in [0.2, 0.25) is 5.02 Å². The Bertz CT molecular complexity index is 1270. The van der Waals surface area contributed by atoms with Crippen molar-refractivity contribution in [1.82, 2.24) is 14.7 Å². The molecule has 5 nitrogen and oxygen atoms in total. The van der Waals surface area contributed by atoms with Gasteiger partial charge in [0, 0.05) is 18.0 Å². The first-order valence-corrected chi connectivity index (χ1v) is 11.4. The summed E-state index contributed by atoms with van der Waals surface area (Å²) in [5.74, 6) is 0.831. The summed E-state index contributed by atoms with van der Waals surface area (Å²) in [7, 11) is 0. The van der Waals surface area contributed by atoms with Gasteiger partial charge in [0.05, 0.1) is 23.5 Å². The van der Waals surface area contributed by atoms with Crippen LogP contribution in [-0.4, -0.2) is 20.6 Å². The van der Waals surface area contributed by atoms with E-state index in [1.54, 1.807) is 27.8 Å². The van der Waals surface area contributed by atoms with Gasteiger partial charge >= 0.3 is 0 Å². The average Bonchev–Trinajstić information content (AvgIpc) is 3.15. The van der Waals surface area contributed by atoms with Crippen LogP contribution in [0, 0.1) is 12.7 Å². The zero-order valence-electron chi connectivity index (χ0n) is 19.0. The Labute approximate surface area is 203 Å². The number of carbonyl (C=O) groups excluding carboxylic acids is 1.